The second-order valence-corrected chi connectivity index (χ2v) is 5.60. The number of H-pyrrole nitrogens is 1. The van der Waals surface area contributed by atoms with E-state index in [1.54, 1.807) is 7.11 Å². The van der Waals surface area contributed by atoms with Gasteiger partial charge in [0.05, 0.1) is 7.11 Å². The van der Waals surface area contributed by atoms with Gasteiger partial charge in [-0.15, -0.1) is 0 Å². The minimum Gasteiger partial charge on any atom is -0.497 e. The van der Waals surface area contributed by atoms with Gasteiger partial charge in [-0.2, -0.15) is 0 Å². The van der Waals surface area contributed by atoms with E-state index in [1.165, 1.54) is 0 Å². The van der Waals surface area contributed by atoms with E-state index >= 15 is 0 Å². The number of aromatic nitrogens is 1. The summed E-state index contributed by atoms with van der Waals surface area (Å²) in [5.41, 5.74) is 2.21. The topological polar surface area (TPSA) is 60.6 Å². The first-order valence-electron chi connectivity index (χ1n) is 8.24. The number of carbonyl (C=O) groups excluding carboxylic acids is 1. The third-order valence-corrected chi connectivity index (χ3v) is 3.95. The molecule has 1 N–H and O–H groups in total. The summed E-state index contributed by atoms with van der Waals surface area (Å²) >= 11 is 0. The molecule has 0 aliphatic rings. The first-order chi connectivity index (χ1) is 12.3. The fraction of sp³-hybridized carbons (Fsp3) is 0.250. The van der Waals surface area contributed by atoms with Crippen molar-refractivity contribution in [2.45, 2.75) is 12.8 Å². The zero-order chi connectivity index (χ0) is 17.5. The molecule has 0 unspecified atom stereocenters. The summed E-state index contributed by atoms with van der Waals surface area (Å²) in [6.45, 7) is 0.559. The molecule has 1 aromatic heterocycles. The van der Waals surface area contributed by atoms with Crippen LogP contribution in [0.25, 0.3) is 10.9 Å². The molecular formula is C20H21NO4. The quantitative estimate of drug-likeness (QED) is 0.502. The van der Waals surface area contributed by atoms with Crippen LogP contribution in [0.3, 0.4) is 0 Å². The van der Waals surface area contributed by atoms with Crippen LogP contribution < -0.4 is 9.47 Å². The average Bonchev–Trinajstić information content (AvgIpc) is 3.07. The number of ether oxygens (including phenoxy) is 3. The molecule has 3 rings (SSSR count). The first kappa shape index (κ1) is 16.9. The van der Waals surface area contributed by atoms with Crippen LogP contribution in [0.4, 0.5) is 0 Å². The van der Waals surface area contributed by atoms with Crippen LogP contribution in [0, 0.1) is 0 Å². The molecule has 0 radical (unpaired) electrons. The number of hydrogen-bond acceptors (Lipinski definition) is 4. The van der Waals surface area contributed by atoms with E-state index in [1.807, 2.05) is 48.7 Å². The van der Waals surface area contributed by atoms with Gasteiger partial charge in [-0.3, -0.25) is 4.79 Å². The highest BCUT2D eigenvalue weighted by Crippen LogP contribution is 2.19. The Morgan fingerprint density at radius 1 is 1.00 bits per heavy atom. The standard InChI is InChI=1S/C20H21NO4/c1-23-16-7-9-17(10-8-16)24-12-13-25-20(22)11-6-15-14-21-19-5-3-2-4-18(15)19/h2-5,7-10,14,21H,6,11-13H2,1H3. The molecule has 5 heteroatoms. The summed E-state index contributed by atoms with van der Waals surface area (Å²) in [4.78, 5) is 15.1. The summed E-state index contributed by atoms with van der Waals surface area (Å²) in [6.07, 6.45) is 2.96. The monoisotopic (exact) mass is 339 g/mol. The summed E-state index contributed by atoms with van der Waals surface area (Å²) in [6, 6.07) is 15.3. The van der Waals surface area contributed by atoms with Gasteiger partial charge in [0.1, 0.15) is 24.7 Å². The maximum Gasteiger partial charge on any atom is 0.306 e. The van der Waals surface area contributed by atoms with Crippen LogP contribution in [0.1, 0.15) is 12.0 Å². The first-order valence-corrected chi connectivity index (χ1v) is 8.24. The highest BCUT2D eigenvalue weighted by atomic mass is 16.6. The van der Waals surface area contributed by atoms with Gasteiger partial charge in [0.15, 0.2) is 0 Å². The van der Waals surface area contributed by atoms with Gasteiger partial charge in [0, 0.05) is 23.5 Å². The highest BCUT2D eigenvalue weighted by Gasteiger charge is 2.07. The molecule has 0 saturated heterocycles. The van der Waals surface area contributed by atoms with Crippen molar-refractivity contribution >= 4 is 16.9 Å². The third kappa shape index (κ3) is 4.53. The van der Waals surface area contributed by atoms with E-state index in [9.17, 15) is 4.79 Å². The summed E-state index contributed by atoms with van der Waals surface area (Å²) in [7, 11) is 1.62. The van der Waals surface area contributed by atoms with Gasteiger partial charge in [-0.25, -0.2) is 0 Å². The number of fused-ring (bicyclic) bond motifs is 1. The molecule has 5 nitrogen and oxygen atoms in total. The lowest BCUT2D eigenvalue weighted by atomic mass is 10.1. The predicted octanol–water partition coefficient (Wildman–Crippen LogP) is 3.73. The van der Waals surface area contributed by atoms with Crippen LogP contribution >= 0.6 is 0 Å². The lowest BCUT2D eigenvalue weighted by Gasteiger charge is -2.08. The van der Waals surface area contributed by atoms with E-state index in [2.05, 4.69) is 11.1 Å². The Balaban J connectivity index is 1.38. The van der Waals surface area contributed by atoms with E-state index in [0.717, 1.165) is 28.0 Å². The fourth-order valence-corrected chi connectivity index (χ4v) is 2.63. The van der Waals surface area contributed by atoms with Crippen molar-refractivity contribution in [2.24, 2.45) is 0 Å². The zero-order valence-electron chi connectivity index (χ0n) is 14.2. The number of nitrogens with one attached hydrogen (secondary N) is 1. The molecule has 25 heavy (non-hydrogen) atoms. The van der Waals surface area contributed by atoms with Crippen LogP contribution in [-0.4, -0.2) is 31.3 Å². The smallest absolute Gasteiger partial charge is 0.306 e. The molecule has 1 heterocycles. The van der Waals surface area contributed by atoms with Crippen molar-refractivity contribution < 1.29 is 19.0 Å². The lowest BCUT2D eigenvalue weighted by molar-refractivity contribution is -0.144. The van der Waals surface area contributed by atoms with Gasteiger partial charge in [0.25, 0.3) is 0 Å². The molecule has 0 amide bonds. The highest BCUT2D eigenvalue weighted by molar-refractivity contribution is 5.83. The number of aryl methyl sites for hydroxylation is 1. The van der Waals surface area contributed by atoms with Crippen LogP contribution in [-0.2, 0) is 16.0 Å². The van der Waals surface area contributed by atoms with Crippen LogP contribution in [0.15, 0.2) is 54.7 Å². The molecule has 0 bridgehead atoms. The van der Waals surface area contributed by atoms with Crippen LogP contribution in [0.5, 0.6) is 11.5 Å². The number of methoxy groups -OCH3 is 1. The third-order valence-electron chi connectivity index (χ3n) is 3.95. The average molecular weight is 339 g/mol. The normalized spacial score (nSPS) is 10.6. The molecule has 130 valence electrons. The SMILES string of the molecule is COc1ccc(OCCOC(=O)CCc2c[nH]c3ccccc23)cc1. The largest absolute Gasteiger partial charge is 0.497 e. The minimum absolute atomic E-state index is 0.219. The van der Waals surface area contributed by atoms with Crippen LogP contribution in [0.2, 0.25) is 0 Å². The Morgan fingerprint density at radius 2 is 1.76 bits per heavy atom. The van der Waals surface area contributed by atoms with E-state index in [0.29, 0.717) is 19.4 Å². The zero-order valence-corrected chi connectivity index (χ0v) is 14.2. The number of esters is 1. The molecule has 0 spiro atoms. The number of rotatable bonds is 8. The van der Waals surface area contributed by atoms with Gasteiger partial charge in [-0.1, -0.05) is 18.2 Å². The minimum atomic E-state index is -0.219. The van der Waals surface area contributed by atoms with Gasteiger partial charge in [0.2, 0.25) is 0 Å². The molecular weight excluding hydrogens is 318 g/mol. The number of aromatic amines is 1. The Labute approximate surface area is 146 Å². The second kappa shape index (κ2) is 8.24. The summed E-state index contributed by atoms with van der Waals surface area (Å²) in [5.74, 6) is 1.27. The number of para-hydroxylation sites is 1. The van der Waals surface area contributed by atoms with Gasteiger partial charge >= 0.3 is 5.97 Å². The van der Waals surface area contributed by atoms with Crippen molar-refractivity contribution in [2.75, 3.05) is 20.3 Å². The van der Waals surface area contributed by atoms with E-state index < -0.39 is 0 Å². The maximum atomic E-state index is 11.9. The van der Waals surface area contributed by atoms with Crippen molar-refractivity contribution in [3.8, 4) is 11.5 Å². The van der Waals surface area contributed by atoms with Crippen molar-refractivity contribution in [1.82, 2.24) is 4.98 Å². The second-order valence-electron chi connectivity index (χ2n) is 5.60. The molecule has 0 atom stereocenters. The van der Waals surface area contributed by atoms with Gasteiger partial charge < -0.3 is 19.2 Å². The van der Waals surface area contributed by atoms with Gasteiger partial charge in [-0.05, 0) is 42.3 Å². The molecule has 0 saturated carbocycles. The Hall–Kier alpha value is -2.95. The Morgan fingerprint density at radius 3 is 2.56 bits per heavy atom. The fourth-order valence-electron chi connectivity index (χ4n) is 2.63. The molecule has 0 aliphatic heterocycles. The van der Waals surface area contributed by atoms with Crippen molar-refractivity contribution in [3.05, 3.63) is 60.3 Å². The molecule has 3 aromatic rings. The van der Waals surface area contributed by atoms with E-state index in [-0.39, 0.29) is 12.6 Å². The Kier molecular flexibility index (Phi) is 5.57. The van der Waals surface area contributed by atoms with E-state index in [4.69, 9.17) is 14.2 Å². The summed E-state index contributed by atoms with van der Waals surface area (Å²) < 4.78 is 15.8. The number of benzene rings is 2. The Bertz CT molecular complexity index is 823. The predicted molar refractivity (Wildman–Crippen MR) is 96.1 cm³/mol. The molecule has 0 aliphatic carbocycles. The number of hydrogen-bond donors (Lipinski definition) is 1. The molecule has 0 fully saturated rings. The number of carbonyl (C=O) groups is 1. The maximum absolute atomic E-state index is 11.9. The lowest BCUT2D eigenvalue weighted by Crippen LogP contribution is -2.12. The van der Waals surface area contributed by atoms with Crippen molar-refractivity contribution in [1.29, 1.82) is 0 Å². The molecule has 2 aromatic carbocycles. The summed E-state index contributed by atoms with van der Waals surface area (Å²) in [5, 5.41) is 1.15. The van der Waals surface area contributed by atoms with Crippen molar-refractivity contribution in [3.63, 3.8) is 0 Å².